The molecule has 0 saturated heterocycles. The summed E-state index contributed by atoms with van der Waals surface area (Å²) in [7, 11) is 0. The maximum absolute atomic E-state index is 12.3. The summed E-state index contributed by atoms with van der Waals surface area (Å²) in [4.78, 5) is 27.5. The molecule has 0 radical (unpaired) electrons. The molecule has 1 amide bonds. The number of anilines is 2. The lowest BCUT2D eigenvalue weighted by Gasteiger charge is -2.06. The molecular weight excluding hydrogens is 424 g/mol. The highest BCUT2D eigenvalue weighted by atomic mass is 32.1. The molecule has 0 saturated carbocycles. The molecule has 158 valence electrons. The Morgan fingerprint density at radius 2 is 1.69 bits per heavy atom. The lowest BCUT2D eigenvalue weighted by atomic mass is 10.1. The molecule has 1 heterocycles. The molecule has 0 unspecified atom stereocenters. The van der Waals surface area contributed by atoms with Crippen LogP contribution >= 0.6 is 11.3 Å². The third-order valence-corrected chi connectivity index (χ3v) is 5.36. The average molecular weight is 443 g/mol. The second-order valence-electron chi connectivity index (χ2n) is 6.73. The Balaban J connectivity index is 1.39. The minimum absolute atomic E-state index is 0.0461. The van der Waals surface area contributed by atoms with Gasteiger partial charge in [0.15, 0.2) is 5.13 Å². The zero-order valence-electron chi connectivity index (χ0n) is 16.8. The highest BCUT2D eigenvalue weighted by Crippen LogP contribution is 2.26. The van der Waals surface area contributed by atoms with E-state index in [9.17, 15) is 14.9 Å². The van der Waals surface area contributed by atoms with Crippen LogP contribution in [-0.2, 0) is 0 Å². The molecule has 4 aromatic rings. The second kappa shape index (κ2) is 9.67. The number of nitro benzene ring substituents is 1. The first-order valence-corrected chi connectivity index (χ1v) is 10.6. The second-order valence-corrected chi connectivity index (χ2v) is 7.59. The summed E-state index contributed by atoms with van der Waals surface area (Å²) in [6.45, 7) is 0. The summed E-state index contributed by atoms with van der Waals surface area (Å²) in [6, 6.07) is 23.0. The van der Waals surface area contributed by atoms with Gasteiger partial charge in [0, 0.05) is 34.5 Å². The predicted octanol–water partition coefficient (Wildman–Crippen LogP) is 6.05. The maximum Gasteiger partial charge on any atom is 0.276 e. The largest absolute Gasteiger partial charge is 0.338 e. The topological polar surface area (TPSA) is 97.2 Å². The van der Waals surface area contributed by atoms with Gasteiger partial charge < -0.3 is 10.6 Å². The number of aromatic nitrogens is 1. The van der Waals surface area contributed by atoms with Crippen LogP contribution in [0.3, 0.4) is 0 Å². The van der Waals surface area contributed by atoms with Crippen LogP contribution in [-0.4, -0.2) is 15.8 Å². The van der Waals surface area contributed by atoms with E-state index in [-0.39, 0.29) is 11.6 Å². The fourth-order valence-electron chi connectivity index (χ4n) is 2.99. The summed E-state index contributed by atoms with van der Waals surface area (Å²) in [5.74, 6) is -0.163. The van der Waals surface area contributed by atoms with E-state index < -0.39 is 4.92 Å². The van der Waals surface area contributed by atoms with Crippen LogP contribution in [0, 0.1) is 10.1 Å². The number of amides is 1. The summed E-state index contributed by atoms with van der Waals surface area (Å²) in [5.41, 5.74) is 3.55. The molecule has 2 N–H and O–H groups in total. The lowest BCUT2D eigenvalue weighted by Crippen LogP contribution is -2.11. The number of thiazole rings is 1. The zero-order valence-corrected chi connectivity index (χ0v) is 17.6. The SMILES string of the molecule is O=C(Nc1ccc(-c2csc(N/C=C\c3ccccc3[N+](=O)[O-])n2)cc1)c1ccccc1. The van der Waals surface area contributed by atoms with Crippen molar-refractivity contribution in [3.63, 3.8) is 0 Å². The minimum Gasteiger partial charge on any atom is -0.338 e. The molecule has 0 bridgehead atoms. The molecule has 0 aliphatic heterocycles. The van der Waals surface area contributed by atoms with E-state index in [1.807, 2.05) is 47.8 Å². The highest BCUT2D eigenvalue weighted by molar-refractivity contribution is 7.14. The van der Waals surface area contributed by atoms with Crippen molar-refractivity contribution in [3.8, 4) is 11.3 Å². The summed E-state index contributed by atoms with van der Waals surface area (Å²) < 4.78 is 0. The molecule has 7 nitrogen and oxygen atoms in total. The van der Waals surface area contributed by atoms with Crippen LogP contribution in [0.5, 0.6) is 0 Å². The monoisotopic (exact) mass is 442 g/mol. The van der Waals surface area contributed by atoms with Crippen molar-refractivity contribution in [3.05, 3.63) is 112 Å². The van der Waals surface area contributed by atoms with Crippen LogP contribution in [0.4, 0.5) is 16.5 Å². The molecule has 4 rings (SSSR count). The molecule has 0 spiro atoms. The first-order valence-electron chi connectivity index (χ1n) is 9.69. The number of carbonyl (C=O) groups is 1. The van der Waals surface area contributed by atoms with E-state index in [4.69, 9.17) is 0 Å². The Bertz CT molecular complexity index is 1270. The fraction of sp³-hybridized carbons (Fsp3) is 0. The Hall–Kier alpha value is -4.30. The van der Waals surface area contributed by atoms with Crippen molar-refractivity contribution < 1.29 is 9.72 Å². The van der Waals surface area contributed by atoms with E-state index in [1.165, 1.54) is 17.4 Å². The maximum atomic E-state index is 12.3. The number of hydrogen-bond acceptors (Lipinski definition) is 6. The molecule has 1 aromatic heterocycles. The van der Waals surface area contributed by atoms with Crippen LogP contribution in [0.15, 0.2) is 90.4 Å². The van der Waals surface area contributed by atoms with Gasteiger partial charge in [-0.05, 0) is 36.4 Å². The van der Waals surface area contributed by atoms with Gasteiger partial charge in [-0.1, -0.05) is 42.5 Å². The summed E-state index contributed by atoms with van der Waals surface area (Å²) in [5, 5.41) is 19.6. The Morgan fingerprint density at radius 1 is 0.969 bits per heavy atom. The number of nitro groups is 1. The molecular formula is C24H18N4O3S. The van der Waals surface area contributed by atoms with Crippen molar-refractivity contribution in [2.45, 2.75) is 0 Å². The number of para-hydroxylation sites is 1. The van der Waals surface area contributed by atoms with Crippen LogP contribution < -0.4 is 10.6 Å². The molecule has 0 aliphatic carbocycles. The highest BCUT2D eigenvalue weighted by Gasteiger charge is 2.10. The Morgan fingerprint density at radius 3 is 2.44 bits per heavy atom. The van der Waals surface area contributed by atoms with Crippen molar-refractivity contribution in [2.75, 3.05) is 10.6 Å². The van der Waals surface area contributed by atoms with E-state index in [2.05, 4.69) is 15.6 Å². The number of nitrogens with zero attached hydrogens (tertiary/aromatic N) is 2. The van der Waals surface area contributed by atoms with Crippen molar-refractivity contribution >= 4 is 39.8 Å². The van der Waals surface area contributed by atoms with Crippen molar-refractivity contribution in [2.24, 2.45) is 0 Å². The lowest BCUT2D eigenvalue weighted by molar-refractivity contribution is -0.385. The summed E-state index contributed by atoms with van der Waals surface area (Å²) in [6.07, 6.45) is 3.27. The molecule has 3 aromatic carbocycles. The number of benzene rings is 3. The van der Waals surface area contributed by atoms with Crippen LogP contribution in [0.1, 0.15) is 15.9 Å². The smallest absolute Gasteiger partial charge is 0.276 e. The fourth-order valence-corrected chi connectivity index (χ4v) is 3.69. The Labute approximate surface area is 188 Å². The first kappa shape index (κ1) is 21.0. The van der Waals surface area contributed by atoms with Crippen molar-refractivity contribution in [1.82, 2.24) is 4.98 Å². The number of nitrogens with one attached hydrogen (secondary N) is 2. The van der Waals surface area contributed by atoms with Crippen molar-refractivity contribution in [1.29, 1.82) is 0 Å². The van der Waals surface area contributed by atoms with E-state index in [0.717, 1.165) is 11.3 Å². The van der Waals surface area contributed by atoms with Crippen LogP contribution in [0.2, 0.25) is 0 Å². The van der Waals surface area contributed by atoms with Gasteiger partial charge in [-0.3, -0.25) is 14.9 Å². The molecule has 0 atom stereocenters. The molecule has 0 aliphatic rings. The van der Waals surface area contributed by atoms with Gasteiger partial charge in [0.05, 0.1) is 16.2 Å². The zero-order chi connectivity index (χ0) is 22.3. The normalized spacial score (nSPS) is 10.8. The van der Waals surface area contributed by atoms with E-state index >= 15 is 0 Å². The predicted molar refractivity (Wildman–Crippen MR) is 128 cm³/mol. The van der Waals surface area contributed by atoms with E-state index in [1.54, 1.807) is 42.6 Å². The number of rotatable bonds is 7. The van der Waals surface area contributed by atoms with Gasteiger partial charge in [0.2, 0.25) is 0 Å². The Kier molecular flexibility index (Phi) is 6.33. The average Bonchev–Trinajstić information content (AvgIpc) is 3.29. The van der Waals surface area contributed by atoms with Crippen LogP contribution in [0.25, 0.3) is 17.3 Å². The minimum atomic E-state index is -0.410. The van der Waals surface area contributed by atoms with Gasteiger partial charge in [-0.25, -0.2) is 4.98 Å². The third kappa shape index (κ3) is 5.05. The molecule has 8 heteroatoms. The number of hydrogen-bond donors (Lipinski definition) is 2. The molecule has 32 heavy (non-hydrogen) atoms. The third-order valence-electron chi connectivity index (χ3n) is 4.58. The van der Waals surface area contributed by atoms with Gasteiger partial charge in [-0.15, -0.1) is 11.3 Å². The molecule has 0 fully saturated rings. The van der Waals surface area contributed by atoms with E-state index in [0.29, 0.717) is 21.9 Å². The van der Waals surface area contributed by atoms with Gasteiger partial charge in [-0.2, -0.15) is 0 Å². The quantitative estimate of drug-likeness (QED) is 0.268. The van der Waals surface area contributed by atoms with Gasteiger partial charge >= 0.3 is 0 Å². The first-order chi connectivity index (χ1) is 15.6. The number of carbonyl (C=O) groups excluding carboxylic acids is 1. The standard InChI is InChI=1S/C24H18N4O3S/c29-23(19-7-2-1-3-8-19)26-20-12-10-17(11-13-20)21-16-32-24(27-21)25-15-14-18-6-4-5-9-22(18)28(30)31/h1-16H,(H,25,27)(H,26,29)/b15-14-. The van der Waals surface area contributed by atoms with Gasteiger partial charge in [0.1, 0.15) is 0 Å². The summed E-state index contributed by atoms with van der Waals surface area (Å²) >= 11 is 1.43. The van der Waals surface area contributed by atoms with Gasteiger partial charge in [0.25, 0.3) is 11.6 Å².